The molecule has 8 nitrogen and oxygen atoms in total. The molecule has 0 radical (unpaired) electrons. The van der Waals surface area contributed by atoms with Gasteiger partial charge >= 0.3 is 0 Å². The molecule has 1 amide bonds. The fraction of sp³-hybridized carbons (Fsp3) is 0.125. The first-order valence-corrected chi connectivity index (χ1v) is 10.3. The Hall–Kier alpha value is -2.72. The minimum absolute atomic E-state index is 0.00110. The van der Waals surface area contributed by atoms with Gasteiger partial charge in [-0.3, -0.25) is 9.78 Å². The molecule has 0 spiro atoms. The molecule has 0 fully saturated rings. The van der Waals surface area contributed by atoms with E-state index in [-0.39, 0.29) is 22.6 Å². The lowest BCUT2D eigenvalue weighted by atomic mass is 10.3. The largest absolute Gasteiger partial charge is 0.325 e. The molecular formula is C16H15N5O3S2. The first-order valence-electron chi connectivity index (χ1n) is 7.49. The van der Waals surface area contributed by atoms with Gasteiger partial charge in [0.25, 0.3) is 0 Å². The molecule has 0 aliphatic rings. The SMILES string of the molecule is CS(=O)(=O)n1c(SCC(=O)Nc2ccccc2)nnc1-c1ccncc1. The van der Waals surface area contributed by atoms with Crippen molar-refractivity contribution in [2.45, 2.75) is 5.16 Å². The summed E-state index contributed by atoms with van der Waals surface area (Å²) in [5.41, 5.74) is 1.23. The number of amides is 1. The Labute approximate surface area is 154 Å². The van der Waals surface area contributed by atoms with Gasteiger partial charge in [-0.2, -0.15) is 3.97 Å². The molecule has 0 aliphatic heterocycles. The van der Waals surface area contributed by atoms with E-state index >= 15 is 0 Å². The van der Waals surface area contributed by atoms with Crippen molar-refractivity contribution in [3.8, 4) is 11.4 Å². The molecule has 0 saturated carbocycles. The second kappa shape index (κ2) is 7.67. The van der Waals surface area contributed by atoms with Crippen LogP contribution in [0, 0.1) is 0 Å². The zero-order chi connectivity index (χ0) is 18.6. The van der Waals surface area contributed by atoms with Crippen LogP contribution < -0.4 is 5.32 Å². The van der Waals surface area contributed by atoms with E-state index in [1.165, 1.54) is 12.4 Å². The lowest BCUT2D eigenvalue weighted by molar-refractivity contribution is -0.113. The maximum atomic E-state index is 12.2. The fourth-order valence-corrected chi connectivity index (χ4v) is 4.15. The highest BCUT2D eigenvalue weighted by molar-refractivity contribution is 8.00. The quantitative estimate of drug-likeness (QED) is 0.641. The predicted molar refractivity (Wildman–Crippen MR) is 99.3 cm³/mol. The van der Waals surface area contributed by atoms with E-state index in [0.717, 1.165) is 22.0 Å². The number of thioether (sulfide) groups is 1. The topological polar surface area (TPSA) is 107 Å². The molecule has 3 aromatic rings. The van der Waals surface area contributed by atoms with Crippen LogP contribution in [0.25, 0.3) is 11.4 Å². The van der Waals surface area contributed by atoms with Gasteiger partial charge in [-0.1, -0.05) is 30.0 Å². The number of benzene rings is 1. The summed E-state index contributed by atoms with van der Waals surface area (Å²) in [6.45, 7) is 0. The maximum absolute atomic E-state index is 12.2. The number of para-hydroxylation sites is 1. The van der Waals surface area contributed by atoms with Crippen molar-refractivity contribution in [1.29, 1.82) is 0 Å². The van der Waals surface area contributed by atoms with Crippen molar-refractivity contribution in [3.05, 3.63) is 54.9 Å². The molecule has 1 aromatic carbocycles. The zero-order valence-electron chi connectivity index (χ0n) is 13.7. The Morgan fingerprint density at radius 3 is 2.46 bits per heavy atom. The highest BCUT2D eigenvalue weighted by Gasteiger charge is 2.22. The van der Waals surface area contributed by atoms with E-state index in [9.17, 15) is 13.2 Å². The number of nitrogens with one attached hydrogen (secondary N) is 1. The highest BCUT2D eigenvalue weighted by atomic mass is 32.2. The van der Waals surface area contributed by atoms with Gasteiger partial charge in [0.1, 0.15) is 0 Å². The molecule has 134 valence electrons. The fourth-order valence-electron chi connectivity index (χ4n) is 2.17. The van der Waals surface area contributed by atoms with Gasteiger partial charge in [-0.05, 0) is 24.3 Å². The van der Waals surface area contributed by atoms with Crippen molar-refractivity contribution in [2.24, 2.45) is 0 Å². The molecule has 0 aliphatic carbocycles. The third kappa shape index (κ3) is 4.27. The van der Waals surface area contributed by atoms with Crippen LogP contribution in [0.3, 0.4) is 0 Å². The standard InChI is InChI=1S/C16H15N5O3S2/c1-26(23,24)21-15(12-7-9-17-10-8-12)19-20-16(21)25-11-14(22)18-13-5-3-2-4-6-13/h2-10H,11H2,1H3,(H,18,22). The molecule has 0 bridgehead atoms. The Morgan fingerprint density at radius 2 is 1.81 bits per heavy atom. The van der Waals surface area contributed by atoms with E-state index in [0.29, 0.717) is 11.3 Å². The summed E-state index contributed by atoms with van der Waals surface area (Å²) in [4.78, 5) is 16.0. The number of carbonyl (C=O) groups is 1. The maximum Gasteiger partial charge on any atom is 0.239 e. The van der Waals surface area contributed by atoms with Crippen molar-refractivity contribution in [2.75, 3.05) is 17.3 Å². The predicted octanol–water partition coefficient (Wildman–Crippen LogP) is 1.88. The van der Waals surface area contributed by atoms with E-state index in [1.54, 1.807) is 24.3 Å². The molecular weight excluding hydrogens is 374 g/mol. The Morgan fingerprint density at radius 1 is 1.12 bits per heavy atom. The second-order valence-corrected chi connectivity index (χ2v) is 8.05. The van der Waals surface area contributed by atoms with Gasteiger partial charge in [0.2, 0.25) is 21.1 Å². The van der Waals surface area contributed by atoms with Crippen LogP contribution in [-0.2, 0) is 14.8 Å². The second-order valence-electron chi connectivity index (χ2n) is 5.27. The van der Waals surface area contributed by atoms with Gasteiger partial charge in [0, 0.05) is 23.6 Å². The molecule has 2 aromatic heterocycles. The number of hydrogen-bond acceptors (Lipinski definition) is 7. The average Bonchev–Trinajstić information content (AvgIpc) is 3.06. The Kier molecular flexibility index (Phi) is 5.33. The van der Waals surface area contributed by atoms with Gasteiger partial charge in [0.05, 0.1) is 12.0 Å². The van der Waals surface area contributed by atoms with E-state index in [1.807, 2.05) is 18.2 Å². The van der Waals surface area contributed by atoms with Crippen LogP contribution >= 0.6 is 11.8 Å². The summed E-state index contributed by atoms with van der Waals surface area (Å²) >= 11 is 0.999. The summed E-state index contributed by atoms with van der Waals surface area (Å²) in [5.74, 6) is -0.0885. The average molecular weight is 389 g/mol. The van der Waals surface area contributed by atoms with E-state index in [2.05, 4.69) is 20.5 Å². The highest BCUT2D eigenvalue weighted by Crippen LogP contribution is 2.25. The summed E-state index contributed by atoms with van der Waals surface area (Å²) in [7, 11) is -3.66. The first kappa shape index (κ1) is 18.1. The molecule has 1 N–H and O–H groups in total. The Balaban J connectivity index is 1.80. The smallest absolute Gasteiger partial charge is 0.239 e. The number of aromatic nitrogens is 4. The molecule has 3 rings (SSSR count). The van der Waals surface area contributed by atoms with Gasteiger partial charge in [-0.15, -0.1) is 10.2 Å². The van der Waals surface area contributed by atoms with Crippen molar-refractivity contribution in [3.63, 3.8) is 0 Å². The van der Waals surface area contributed by atoms with Gasteiger partial charge in [0.15, 0.2) is 5.82 Å². The van der Waals surface area contributed by atoms with Crippen LogP contribution in [0.4, 0.5) is 5.69 Å². The van der Waals surface area contributed by atoms with Gasteiger partial charge in [-0.25, -0.2) is 8.42 Å². The summed E-state index contributed by atoms with van der Waals surface area (Å²) in [5, 5.41) is 10.8. The number of anilines is 1. The normalized spacial score (nSPS) is 11.3. The number of rotatable bonds is 6. The van der Waals surface area contributed by atoms with Crippen LogP contribution in [0.15, 0.2) is 60.0 Å². The monoisotopic (exact) mass is 389 g/mol. The van der Waals surface area contributed by atoms with E-state index in [4.69, 9.17) is 0 Å². The minimum Gasteiger partial charge on any atom is -0.325 e. The molecule has 2 heterocycles. The summed E-state index contributed by atoms with van der Waals surface area (Å²) in [6, 6.07) is 12.3. The molecule has 0 saturated heterocycles. The third-order valence-electron chi connectivity index (χ3n) is 3.26. The molecule has 26 heavy (non-hydrogen) atoms. The van der Waals surface area contributed by atoms with E-state index < -0.39 is 10.0 Å². The van der Waals surface area contributed by atoms with Crippen LogP contribution in [0.5, 0.6) is 0 Å². The lowest BCUT2D eigenvalue weighted by Crippen LogP contribution is -2.16. The minimum atomic E-state index is -3.66. The summed E-state index contributed by atoms with van der Waals surface area (Å²) < 4.78 is 25.4. The number of carbonyl (C=O) groups excluding carboxylic acids is 1. The first-order chi connectivity index (χ1) is 12.4. The summed E-state index contributed by atoms with van der Waals surface area (Å²) in [6.07, 6.45) is 4.14. The third-order valence-corrected chi connectivity index (χ3v) is 5.31. The van der Waals surface area contributed by atoms with Crippen molar-refractivity contribution >= 4 is 33.4 Å². The molecule has 0 unspecified atom stereocenters. The van der Waals surface area contributed by atoms with Crippen molar-refractivity contribution < 1.29 is 13.2 Å². The van der Waals surface area contributed by atoms with Crippen LogP contribution in [0.1, 0.15) is 0 Å². The van der Waals surface area contributed by atoms with Crippen molar-refractivity contribution in [1.82, 2.24) is 19.2 Å². The molecule has 10 heteroatoms. The molecule has 0 atom stereocenters. The number of nitrogens with zero attached hydrogens (tertiary/aromatic N) is 4. The van der Waals surface area contributed by atoms with Crippen LogP contribution in [-0.4, -0.2) is 45.5 Å². The number of hydrogen-bond donors (Lipinski definition) is 1. The van der Waals surface area contributed by atoms with Crippen LogP contribution in [0.2, 0.25) is 0 Å². The van der Waals surface area contributed by atoms with Gasteiger partial charge < -0.3 is 5.32 Å². The lowest BCUT2D eigenvalue weighted by Gasteiger charge is -2.08. The number of pyridine rings is 1. The zero-order valence-corrected chi connectivity index (χ0v) is 15.4. The Bertz CT molecular complexity index is 1000.